The van der Waals surface area contributed by atoms with Crippen molar-refractivity contribution in [1.82, 2.24) is 0 Å². The summed E-state index contributed by atoms with van der Waals surface area (Å²) in [4.78, 5) is 0. The predicted octanol–water partition coefficient (Wildman–Crippen LogP) is 2.76. The fourth-order valence-corrected chi connectivity index (χ4v) is 3.83. The lowest BCUT2D eigenvalue weighted by Gasteiger charge is -2.14. The Balaban J connectivity index is 2.75. The van der Waals surface area contributed by atoms with Gasteiger partial charge in [0.2, 0.25) is 0 Å². The van der Waals surface area contributed by atoms with Gasteiger partial charge in [-0.25, -0.2) is 8.42 Å². The number of sulfone groups is 1. The van der Waals surface area contributed by atoms with Gasteiger partial charge in [0.15, 0.2) is 9.84 Å². The van der Waals surface area contributed by atoms with E-state index in [1.807, 2.05) is 39.8 Å². The van der Waals surface area contributed by atoms with Crippen molar-refractivity contribution < 1.29 is 8.42 Å². The molecule has 0 saturated carbocycles. The molecule has 0 aliphatic heterocycles. The van der Waals surface area contributed by atoms with E-state index in [0.717, 1.165) is 16.7 Å². The fraction of sp³-hybridized carbons (Fsp3) is 0.600. The first-order valence-electron chi connectivity index (χ1n) is 6.74. The molecule has 0 radical (unpaired) electrons. The fourth-order valence-electron chi connectivity index (χ4n) is 2.09. The van der Waals surface area contributed by atoms with Gasteiger partial charge in [0.25, 0.3) is 0 Å². The van der Waals surface area contributed by atoms with Crippen LogP contribution in [-0.2, 0) is 9.84 Å². The van der Waals surface area contributed by atoms with Gasteiger partial charge in [-0.2, -0.15) is 0 Å². The van der Waals surface area contributed by atoms with Gasteiger partial charge in [-0.15, -0.1) is 0 Å². The van der Waals surface area contributed by atoms with Crippen molar-refractivity contribution in [2.24, 2.45) is 11.7 Å². The lowest BCUT2D eigenvalue weighted by molar-refractivity contribution is 0.568. The van der Waals surface area contributed by atoms with E-state index in [0.29, 0.717) is 12.3 Å². The zero-order valence-corrected chi connectivity index (χ0v) is 13.1. The van der Waals surface area contributed by atoms with Crippen molar-refractivity contribution >= 4 is 9.84 Å². The van der Waals surface area contributed by atoms with Crippen molar-refractivity contribution in [3.8, 4) is 0 Å². The third-order valence-corrected chi connectivity index (χ3v) is 4.84. The Bertz CT molecular complexity index is 501. The second-order valence-electron chi connectivity index (χ2n) is 5.82. The molecule has 1 aromatic rings. The third kappa shape index (κ3) is 5.74. The summed E-state index contributed by atoms with van der Waals surface area (Å²) in [5, 5.41) is 0. The second-order valence-corrected chi connectivity index (χ2v) is 8.05. The van der Waals surface area contributed by atoms with Crippen LogP contribution >= 0.6 is 0 Å². The third-order valence-electron chi connectivity index (χ3n) is 3.11. The average molecular weight is 283 g/mol. The molecular weight excluding hydrogens is 258 g/mol. The molecule has 1 unspecified atom stereocenters. The molecule has 0 saturated heterocycles. The van der Waals surface area contributed by atoms with Gasteiger partial charge >= 0.3 is 0 Å². The standard InChI is InChI=1S/C15H25NO2S/c1-11(2)5-6-19(17,18)10-15(16)14-8-12(3)7-13(4)9-14/h7-9,11,15H,5-6,10,16H2,1-4H3. The molecule has 1 aromatic carbocycles. The number of rotatable bonds is 6. The molecule has 0 fully saturated rings. The van der Waals surface area contributed by atoms with Gasteiger partial charge in [-0.05, 0) is 31.7 Å². The zero-order chi connectivity index (χ0) is 14.6. The highest BCUT2D eigenvalue weighted by atomic mass is 32.2. The summed E-state index contributed by atoms with van der Waals surface area (Å²) in [6.45, 7) is 8.05. The minimum absolute atomic E-state index is 0.0304. The molecule has 4 heteroatoms. The maximum atomic E-state index is 12.0. The number of benzene rings is 1. The Kier molecular flexibility index (Phi) is 5.56. The minimum atomic E-state index is -3.07. The molecular formula is C15H25NO2S. The molecule has 0 heterocycles. The number of aryl methyl sites for hydroxylation is 2. The predicted molar refractivity (Wildman–Crippen MR) is 81.0 cm³/mol. The van der Waals surface area contributed by atoms with Crippen molar-refractivity contribution in [3.05, 3.63) is 34.9 Å². The van der Waals surface area contributed by atoms with Gasteiger partial charge in [0, 0.05) is 6.04 Å². The van der Waals surface area contributed by atoms with Crippen LogP contribution in [0.15, 0.2) is 18.2 Å². The molecule has 1 rings (SSSR count). The van der Waals surface area contributed by atoms with E-state index < -0.39 is 15.9 Å². The monoisotopic (exact) mass is 283 g/mol. The first kappa shape index (κ1) is 16.2. The lowest BCUT2D eigenvalue weighted by Crippen LogP contribution is -2.24. The Labute approximate surface area is 117 Å². The summed E-state index contributed by atoms with van der Waals surface area (Å²) in [5.41, 5.74) is 9.19. The van der Waals surface area contributed by atoms with Gasteiger partial charge < -0.3 is 5.73 Å². The largest absolute Gasteiger partial charge is 0.323 e. The molecule has 0 aliphatic rings. The number of hydrogen-bond acceptors (Lipinski definition) is 3. The summed E-state index contributed by atoms with van der Waals surface area (Å²) in [6.07, 6.45) is 0.696. The lowest BCUT2D eigenvalue weighted by atomic mass is 10.0. The summed E-state index contributed by atoms with van der Waals surface area (Å²) in [7, 11) is -3.07. The van der Waals surface area contributed by atoms with Gasteiger partial charge in [0.1, 0.15) is 0 Å². The molecule has 1 atom stereocenters. The van der Waals surface area contributed by atoms with E-state index in [4.69, 9.17) is 5.73 Å². The van der Waals surface area contributed by atoms with Gasteiger partial charge in [-0.3, -0.25) is 0 Å². The summed E-state index contributed by atoms with van der Waals surface area (Å²) in [5.74, 6) is 0.651. The highest BCUT2D eigenvalue weighted by Crippen LogP contribution is 2.17. The van der Waals surface area contributed by atoms with E-state index in [2.05, 4.69) is 6.07 Å². The normalized spacial score (nSPS) is 13.8. The molecule has 0 bridgehead atoms. The molecule has 19 heavy (non-hydrogen) atoms. The zero-order valence-electron chi connectivity index (χ0n) is 12.3. The van der Waals surface area contributed by atoms with Crippen LogP contribution < -0.4 is 5.73 Å². The van der Waals surface area contributed by atoms with Crippen LogP contribution in [0.4, 0.5) is 0 Å². The van der Waals surface area contributed by atoms with Crippen molar-refractivity contribution in [3.63, 3.8) is 0 Å². The number of nitrogens with two attached hydrogens (primary N) is 1. The molecule has 0 amide bonds. The molecule has 0 aliphatic carbocycles. The van der Waals surface area contributed by atoms with Gasteiger partial charge in [-0.1, -0.05) is 43.2 Å². The van der Waals surface area contributed by atoms with E-state index >= 15 is 0 Å². The smallest absolute Gasteiger partial charge is 0.152 e. The van der Waals surface area contributed by atoms with E-state index in [1.54, 1.807) is 0 Å². The minimum Gasteiger partial charge on any atom is -0.323 e. The van der Waals surface area contributed by atoms with E-state index in [-0.39, 0.29) is 11.5 Å². The van der Waals surface area contributed by atoms with Crippen molar-refractivity contribution in [1.29, 1.82) is 0 Å². The highest BCUT2D eigenvalue weighted by molar-refractivity contribution is 7.91. The topological polar surface area (TPSA) is 60.2 Å². The van der Waals surface area contributed by atoms with Crippen LogP contribution in [0.2, 0.25) is 0 Å². The molecule has 0 aromatic heterocycles. The molecule has 3 nitrogen and oxygen atoms in total. The van der Waals surface area contributed by atoms with Crippen LogP contribution in [-0.4, -0.2) is 19.9 Å². The maximum absolute atomic E-state index is 12.0. The van der Waals surface area contributed by atoms with E-state index in [1.165, 1.54) is 0 Å². The highest BCUT2D eigenvalue weighted by Gasteiger charge is 2.18. The Morgan fingerprint density at radius 3 is 2.11 bits per heavy atom. The first-order chi connectivity index (χ1) is 8.69. The molecule has 2 N–H and O–H groups in total. The van der Waals surface area contributed by atoms with Crippen LogP contribution in [0.5, 0.6) is 0 Å². The summed E-state index contributed by atoms with van der Waals surface area (Å²) >= 11 is 0. The first-order valence-corrected chi connectivity index (χ1v) is 8.56. The Morgan fingerprint density at radius 2 is 1.63 bits per heavy atom. The van der Waals surface area contributed by atoms with Crippen molar-refractivity contribution in [2.75, 3.05) is 11.5 Å². The quantitative estimate of drug-likeness (QED) is 0.873. The molecule has 108 valence electrons. The van der Waals surface area contributed by atoms with E-state index in [9.17, 15) is 8.42 Å². The Morgan fingerprint density at radius 1 is 1.11 bits per heavy atom. The van der Waals surface area contributed by atoms with Crippen LogP contribution in [0.1, 0.15) is 43.0 Å². The second kappa shape index (κ2) is 6.53. The van der Waals surface area contributed by atoms with Crippen LogP contribution in [0.3, 0.4) is 0 Å². The van der Waals surface area contributed by atoms with Crippen LogP contribution in [0, 0.1) is 19.8 Å². The number of hydrogen-bond donors (Lipinski definition) is 1. The summed E-state index contributed by atoms with van der Waals surface area (Å²) in [6, 6.07) is 5.56. The van der Waals surface area contributed by atoms with Crippen molar-refractivity contribution in [2.45, 2.75) is 40.2 Å². The average Bonchev–Trinajstić information content (AvgIpc) is 2.24. The van der Waals surface area contributed by atoms with Crippen LogP contribution in [0.25, 0.3) is 0 Å². The molecule has 0 spiro atoms. The summed E-state index contributed by atoms with van der Waals surface area (Å²) < 4.78 is 24.0. The van der Waals surface area contributed by atoms with Gasteiger partial charge in [0.05, 0.1) is 11.5 Å². The Hall–Kier alpha value is -0.870. The maximum Gasteiger partial charge on any atom is 0.152 e. The SMILES string of the molecule is Cc1cc(C)cc(C(N)CS(=O)(=O)CCC(C)C)c1.